The molecule has 0 bridgehead atoms. The molecular weight excluding hydrogens is 322 g/mol. The molecule has 5 nitrogen and oxygen atoms in total. The van der Waals surface area contributed by atoms with Gasteiger partial charge in [0.25, 0.3) is 0 Å². The molecule has 110 valence electrons. The maximum Gasteiger partial charge on any atom is 0.145 e. The average Bonchev–Trinajstić information content (AvgIpc) is 2.44. The minimum absolute atomic E-state index is 0.0784. The predicted molar refractivity (Wildman–Crippen MR) is 78.2 cm³/mol. The van der Waals surface area contributed by atoms with Crippen molar-refractivity contribution >= 4 is 15.9 Å². The summed E-state index contributed by atoms with van der Waals surface area (Å²) in [6, 6.07) is 0.265. The van der Waals surface area contributed by atoms with Gasteiger partial charge in [-0.3, -0.25) is 4.90 Å². The Balaban J connectivity index is 1.75. The zero-order valence-electron chi connectivity index (χ0n) is 11.5. The van der Waals surface area contributed by atoms with Crippen LogP contribution < -0.4 is 0 Å². The molecule has 2 aliphatic heterocycles. The number of hydrogen-bond donors (Lipinski definition) is 1. The first-order chi connectivity index (χ1) is 9.72. The lowest BCUT2D eigenvalue weighted by Gasteiger charge is -2.46. The number of nitrogens with zero attached hydrogens (tertiary/aromatic N) is 3. The highest BCUT2D eigenvalue weighted by molar-refractivity contribution is 9.10. The largest absolute Gasteiger partial charge is 0.396 e. The Morgan fingerprint density at radius 2 is 2.10 bits per heavy atom. The van der Waals surface area contributed by atoms with Crippen molar-refractivity contribution in [2.75, 3.05) is 32.9 Å². The first-order valence-corrected chi connectivity index (χ1v) is 7.92. The average molecular weight is 342 g/mol. The molecule has 0 aromatic carbocycles. The van der Waals surface area contributed by atoms with Gasteiger partial charge in [0.15, 0.2) is 0 Å². The van der Waals surface area contributed by atoms with Gasteiger partial charge in [0.1, 0.15) is 5.82 Å². The maximum absolute atomic E-state index is 9.62. The van der Waals surface area contributed by atoms with Crippen LogP contribution in [0.2, 0.25) is 0 Å². The van der Waals surface area contributed by atoms with E-state index in [0.717, 1.165) is 29.8 Å². The summed E-state index contributed by atoms with van der Waals surface area (Å²) in [4.78, 5) is 11.3. The van der Waals surface area contributed by atoms with Crippen molar-refractivity contribution in [3.8, 4) is 0 Å². The van der Waals surface area contributed by atoms with Gasteiger partial charge >= 0.3 is 0 Å². The number of aromatic nitrogens is 2. The molecular formula is C14H20BrN3O2. The monoisotopic (exact) mass is 341 g/mol. The number of aliphatic hydroxyl groups excluding tert-OH is 1. The lowest BCUT2D eigenvalue weighted by molar-refractivity contribution is -0.154. The zero-order valence-corrected chi connectivity index (χ0v) is 13.0. The zero-order chi connectivity index (χ0) is 14.0. The van der Waals surface area contributed by atoms with E-state index in [9.17, 15) is 5.11 Å². The quantitative estimate of drug-likeness (QED) is 0.904. The molecule has 0 aliphatic carbocycles. The number of likely N-dealkylation sites (tertiary alicyclic amines) is 1. The van der Waals surface area contributed by atoms with Gasteiger partial charge in [-0.15, -0.1) is 0 Å². The number of aliphatic hydroxyl groups is 1. The van der Waals surface area contributed by atoms with Crippen molar-refractivity contribution in [1.82, 2.24) is 14.9 Å². The molecule has 20 heavy (non-hydrogen) atoms. The van der Waals surface area contributed by atoms with Gasteiger partial charge in [-0.2, -0.15) is 0 Å². The summed E-state index contributed by atoms with van der Waals surface area (Å²) in [5.41, 5.74) is -0.0784. The van der Waals surface area contributed by atoms with Gasteiger partial charge in [-0.25, -0.2) is 9.97 Å². The van der Waals surface area contributed by atoms with Crippen LogP contribution in [0.4, 0.5) is 0 Å². The van der Waals surface area contributed by atoms with Crippen molar-refractivity contribution < 1.29 is 9.84 Å². The van der Waals surface area contributed by atoms with E-state index >= 15 is 0 Å². The molecule has 1 atom stereocenters. The Morgan fingerprint density at radius 3 is 2.70 bits per heavy atom. The van der Waals surface area contributed by atoms with Gasteiger partial charge < -0.3 is 9.84 Å². The van der Waals surface area contributed by atoms with Crippen LogP contribution in [0.5, 0.6) is 0 Å². The second kappa shape index (κ2) is 6.05. The smallest absolute Gasteiger partial charge is 0.145 e. The van der Waals surface area contributed by atoms with Crippen LogP contribution in [-0.2, 0) is 4.74 Å². The number of halogens is 1. The fraction of sp³-hybridized carbons (Fsp3) is 0.714. The van der Waals surface area contributed by atoms with Crippen molar-refractivity contribution in [2.24, 2.45) is 5.41 Å². The van der Waals surface area contributed by atoms with Crippen LogP contribution >= 0.6 is 15.9 Å². The number of piperidine rings is 1. The Bertz CT molecular complexity index is 445. The summed E-state index contributed by atoms with van der Waals surface area (Å²) in [6.45, 7) is 3.43. The summed E-state index contributed by atoms with van der Waals surface area (Å²) in [6.07, 6.45) is 7.12. The van der Waals surface area contributed by atoms with Gasteiger partial charge in [0.05, 0.1) is 35.8 Å². The normalized spacial score (nSPS) is 26.2. The van der Waals surface area contributed by atoms with Crippen LogP contribution in [0, 0.1) is 5.41 Å². The van der Waals surface area contributed by atoms with E-state index < -0.39 is 0 Å². The summed E-state index contributed by atoms with van der Waals surface area (Å²) in [5.74, 6) is 0.890. The van der Waals surface area contributed by atoms with Gasteiger partial charge in [-0.1, -0.05) is 6.42 Å². The molecule has 2 aliphatic rings. The van der Waals surface area contributed by atoms with Crippen molar-refractivity contribution in [2.45, 2.75) is 25.3 Å². The Kier molecular flexibility index (Phi) is 4.35. The minimum atomic E-state index is -0.0784. The lowest BCUT2D eigenvalue weighted by atomic mass is 9.85. The number of ether oxygens (including phenoxy) is 1. The van der Waals surface area contributed by atoms with E-state index in [0.29, 0.717) is 13.2 Å². The fourth-order valence-electron chi connectivity index (χ4n) is 3.02. The van der Waals surface area contributed by atoms with E-state index in [2.05, 4.69) is 30.8 Å². The number of rotatable bonds is 4. The lowest BCUT2D eigenvalue weighted by Crippen LogP contribution is -2.54. The van der Waals surface area contributed by atoms with Crippen LogP contribution in [0.3, 0.4) is 0 Å². The molecule has 1 unspecified atom stereocenters. The van der Waals surface area contributed by atoms with Gasteiger partial charge in [0, 0.05) is 18.9 Å². The third kappa shape index (κ3) is 2.88. The Hall–Kier alpha value is -0.560. The molecule has 3 heterocycles. The summed E-state index contributed by atoms with van der Waals surface area (Å²) in [5, 5.41) is 9.62. The standard InChI is InChI=1S/C14H20BrN3O2/c15-11-5-16-13(17-6-11)12-3-1-2-4-18(12)7-14(8-19)9-20-10-14/h5-6,12,19H,1-4,7-10H2. The molecule has 0 amide bonds. The van der Waals surface area contributed by atoms with Crippen molar-refractivity contribution in [3.05, 3.63) is 22.7 Å². The molecule has 3 rings (SSSR count). The van der Waals surface area contributed by atoms with E-state index in [-0.39, 0.29) is 18.1 Å². The van der Waals surface area contributed by atoms with Gasteiger partial charge in [0.2, 0.25) is 0 Å². The predicted octanol–water partition coefficient (Wildman–Crippen LogP) is 1.77. The third-order valence-corrected chi connectivity index (χ3v) is 4.65. The van der Waals surface area contributed by atoms with Crippen molar-refractivity contribution in [1.29, 1.82) is 0 Å². The van der Waals surface area contributed by atoms with Crippen LogP contribution in [0.15, 0.2) is 16.9 Å². The molecule has 1 aromatic rings. The maximum atomic E-state index is 9.62. The highest BCUT2D eigenvalue weighted by Gasteiger charge is 2.41. The Morgan fingerprint density at radius 1 is 1.35 bits per heavy atom. The van der Waals surface area contributed by atoms with Gasteiger partial charge in [-0.05, 0) is 35.3 Å². The topological polar surface area (TPSA) is 58.5 Å². The third-order valence-electron chi connectivity index (χ3n) is 4.24. The molecule has 1 aromatic heterocycles. The SMILES string of the molecule is OCC1(CN2CCCCC2c2ncc(Br)cn2)COC1. The molecule has 1 N–H and O–H groups in total. The molecule has 2 fully saturated rings. The van der Waals surface area contributed by atoms with E-state index in [1.54, 1.807) is 0 Å². The fourth-order valence-corrected chi connectivity index (χ4v) is 3.23. The Labute approximate surface area is 127 Å². The second-order valence-corrected chi connectivity index (χ2v) is 6.81. The first-order valence-electron chi connectivity index (χ1n) is 7.13. The van der Waals surface area contributed by atoms with E-state index in [1.165, 1.54) is 12.8 Å². The number of hydrogen-bond acceptors (Lipinski definition) is 5. The van der Waals surface area contributed by atoms with Crippen LogP contribution in [-0.4, -0.2) is 52.9 Å². The molecule has 2 saturated heterocycles. The van der Waals surface area contributed by atoms with E-state index in [1.807, 2.05) is 12.4 Å². The summed E-state index contributed by atoms with van der Waals surface area (Å²) < 4.78 is 6.21. The van der Waals surface area contributed by atoms with Crippen molar-refractivity contribution in [3.63, 3.8) is 0 Å². The van der Waals surface area contributed by atoms with Crippen LogP contribution in [0.1, 0.15) is 31.1 Å². The highest BCUT2D eigenvalue weighted by atomic mass is 79.9. The molecule has 0 radical (unpaired) electrons. The molecule has 0 saturated carbocycles. The van der Waals surface area contributed by atoms with Crippen LogP contribution in [0.25, 0.3) is 0 Å². The first kappa shape index (κ1) is 14.4. The summed E-state index contributed by atoms with van der Waals surface area (Å²) >= 11 is 3.38. The molecule has 6 heteroatoms. The highest BCUT2D eigenvalue weighted by Crippen LogP contribution is 2.35. The molecule has 0 spiro atoms. The summed E-state index contributed by atoms with van der Waals surface area (Å²) in [7, 11) is 0. The second-order valence-electron chi connectivity index (χ2n) is 5.89. The minimum Gasteiger partial charge on any atom is -0.396 e. The van der Waals surface area contributed by atoms with E-state index in [4.69, 9.17) is 4.74 Å².